The van der Waals surface area contributed by atoms with Crippen LogP contribution in [0.4, 0.5) is 0 Å². The molecule has 0 spiro atoms. The van der Waals surface area contributed by atoms with Gasteiger partial charge in [0.2, 0.25) is 0 Å². The molecule has 3 heteroatoms. The second kappa shape index (κ2) is 14.7. The quantitative estimate of drug-likeness (QED) is 0.308. The minimum atomic E-state index is -0.382. The number of hydrogen-bond donors (Lipinski definition) is 1. The molecule has 0 aromatic carbocycles. The Hall–Kier alpha value is -0.670. The molecule has 0 aliphatic carbocycles. The van der Waals surface area contributed by atoms with E-state index in [0.717, 1.165) is 13.0 Å². The molecule has 24 heavy (non-hydrogen) atoms. The smallest absolute Gasteiger partial charge is 0.106 e. The minimum absolute atomic E-state index is 0.206. The predicted octanol–water partition coefficient (Wildman–Crippen LogP) is 5.68. The molecule has 140 valence electrons. The molecule has 3 nitrogen and oxygen atoms in total. The summed E-state index contributed by atoms with van der Waals surface area (Å²) in [5.74, 6) is 0. The molecule has 2 unspecified atom stereocenters. The van der Waals surface area contributed by atoms with E-state index in [1.54, 1.807) is 0 Å². The van der Waals surface area contributed by atoms with E-state index in [4.69, 9.17) is 0 Å². The summed E-state index contributed by atoms with van der Waals surface area (Å²) in [6.45, 7) is 4.90. The second-order valence-corrected chi connectivity index (χ2v) is 7.16. The van der Waals surface area contributed by atoms with Gasteiger partial charge in [-0.3, -0.25) is 9.89 Å². The van der Waals surface area contributed by atoms with Crippen LogP contribution in [-0.4, -0.2) is 35.2 Å². The van der Waals surface area contributed by atoms with E-state index in [9.17, 15) is 5.11 Å². The molecule has 1 heterocycles. The monoisotopic (exact) mass is 336 g/mol. The third-order valence-corrected chi connectivity index (χ3v) is 4.91. The molecular weight excluding hydrogens is 296 g/mol. The number of nitrogens with zero attached hydrogens (tertiary/aromatic N) is 2. The van der Waals surface area contributed by atoms with Gasteiger partial charge in [-0.15, -0.1) is 0 Å². The minimum Gasteiger partial charge on any atom is -0.379 e. The third kappa shape index (κ3) is 10.2. The number of aliphatic imine (C=N–C) groups is 1. The zero-order chi connectivity index (χ0) is 17.5. The zero-order valence-electron chi connectivity index (χ0n) is 16.1. The van der Waals surface area contributed by atoms with Gasteiger partial charge in [0.05, 0.1) is 0 Å². The molecule has 0 amide bonds. The molecule has 1 N–H and O–H groups in total. The third-order valence-electron chi connectivity index (χ3n) is 4.91. The first-order valence-electron chi connectivity index (χ1n) is 10.4. The summed E-state index contributed by atoms with van der Waals surface area (Å²) in [6.07, 6.45) is 23.6. The van der Waals surface area contributed by atoms with E-state index in [1.165, 1.54) is 77.0 Å². The standard InChI is InChI=1S/C21H40N2O/c1-3-4-5-6-7-8-9-10-11-12-13-14-15-16-17-21-22-18-19-23(21)20(2)24/h11-12,18,20-21,24H,3-10,13-17,19H2,1-2H3/b12-11+. The molecule has 0 radical (unpaired) electrons. The van der Waals surface area contributed by atoms with Gasteiger partial charge in [-0.25, -0.2) is 0 Å². The molecule has 1 rings (SSSR count). The van der Waals surface area contributed by atoms with Gasteiger partial charge < -0.3 is 5.11 Å². The lowest BCUT2D eigenvalue weighted by atomic mass is 10.1. The first kappa shape index (κ1) is 21.4. The lowest BCUT2D eigenvalue weighted by Gasteiger charge is -2.25. The van der Waals surface area contributed by atoms with Gasteiger partial charge in [-0.05, 0) is 45.4 Å². The van der Waals surface area contributed by atoms with Crippen molar-refractivity contribution in [1.29, 1.82) is 0 Å². The summed E-state index contributed by atoms with van der Waals surface area (Å²) < 4.78 is 0. The number of aliphatic hydroxyl groups excluding tert-OH is 1. The molecule has 0 saturated heterocycles. The lowest BCUT2D eigenvalue weighted by molar-refractivity contribution is 0.00711. The Balaban J connectivity index is 1.85. The topological polar surface area (TPSA) is 35.8 Å². The van der Waals surface area contributed by atoms with Crippen molar-refractivity contribution in [2.75, 3.05) is 6.54 Å². The van der Waals surface area contributed by atoms with E-state index in [0.29, 0.717) is 0 Å². The van der Waals surface area contributed by atoms with Crippen LogP contribution in [0.5, 0.6) is 0 Å². The van der Waals surface area contributed by atoms with Gasteiger partial charge >= 0.3 is 0 Å². The van der Waals surface area contributed by atoms with Crippen molar-refractivity contribution in [1.82, 2.24) is 4.90 Å². The van der Waals surface area contributed by atoms with Crippen molar-refractivity contribution in [3.8, 4) is 0 Å². The first-order valence-corrected chi connectivity index (χ1v) is 10.4. The Bertz CT molecular complexity index is 339. The SMILES string of the molecule is CCCCCCCCC/C=C/CCCCCC1N=CCN1C(C)O. The van der Waals surface area contributed by atoms with Crippen molar-refractivity contribution >= 4 is 6.21 Å². The molecule has 0 fully saturated rings. The number of allylic oxidation sites excluding steroid dienone is 2. The average molecular weight is 337 g/mol. The van der Waals surface area contributed by atoms with E-state index in [1.807, 2.05) is 13.1 Å². The van der Waals surface area contributed by atoms with Gasteiger partial charge in [-0.2, -0.15) is 0 Å². The summed E-state index contributed by atoms with van der Waals surface area (Å²) in [5, 5.41) is 9.67. The fourth-order valence-electron chi connectivity index (χ4n) is 3.33. The van der Waals surface area contributed by atoms with Crippen LogP contribution >= 0.6 is 0 Å². The number of aliphatic hydroxyl groups is 1. The highest BCUT2D eigenvalue weighted by atomic mass is 16.3. The van der Waals surface area contributed by atoms with Gasteiger partial charge in [0.15, 0.2) is 0 Å². The van der Waals surface area contributed by atoms with Crippen LogP contribution in [-0.2, 0) is 0 Å². The summed E-state index contributed by atoms with van der Waals surface area (Å²) in [4.78, 5) is 6.52. The highest BCUT2D eigenvalue weighted by Crippen LogP contribution is 2.17. The number of hydrogen-bond acceptors (Lipinski definition) is 3. The van der Waals surface area contributed by atoms with Crippen LogP contribution in [0.25, 0.3) is 0 Å². The van der Waals surface area contributed by atoms with Gasteiger partial charge in [0, 0.05) is 12.8 Å². The maximum Gasteiger partial charge on any atom is 0.106 e. The molecule has 1 aliphatic rings. The molecular formula is C21H40N2O. The zero-order valence-corrected chi connectivity index (χ0v) is 16.1. The Kier molecular flexibility index (Phi) is 13.1. The average Bonchev–Trinajstić information content (AvgIpc) is 3.04. The molecule has 0 aromatic heterocycles. The van der Waals surface area contributed by atoms with Crippen molar-refractivity contribution < 1.29 is 5.11 Å². The van der Waals surface area contributed by atoms with Crippen LogP contribution in [0.1, 0.15) is 97.3 Å². The highest BCUT2D eigenvalue weighted by molar-refractivity contribution is 5.62. The van der Waals surface area contributed by atoms with E-state index >= 15 is 0 Å². The Labute approximate surface area is 150 Å². The fraction of sp³-hybridized carbons (Fsp3) is 0.857. The summed E-state index contributed by atoms with van der Waals surface area (Å²) in [7, 11) is 0. The molecule has 2 atom stereocenters. The van der Waals surface area contributed by atoms with E-state index in [-0.39, 0.29) is 12.4 Å². The normalized spacial score (nSPS) is 19.5. The van der Waals surface area contributed by atoms with Crippen molar-refractivity contribution in [2.45, 2.75) is 110 Å². The van der Waals surface area contributed by atoms with Crippen molar-refractivity contribution in [3.05, 3.63) is 12.2 Å². The van der Waals surface area contributed by atoms with E-state index < -0.39 is 0 Å². The largest absolute Gasteiger partial charge is 0.379 e. The summed E-state index contributed by atoms with van der Waals surface area (Å²) in [5.41, 5.74) is 0. The molecule has 1 aliphatic heterocycles. The fourth-order valence-corrected chi connectivity index (χ4v) is 3.33. The Morgan fingerprint density at radius 3 is 2.21 bits per heavy atom. The van der Waals surface area contributed by atoms with Crippen LogP contribution < -0.4 is 0 Å². The van der Waals surface area contributed by atoms with Crippen LogP contribution in [0.2, 0.25) is 0 Å². The van der Waals surface area contributed by atoms with Crippen LogP contribution in [0, 0.1) is 0 Å². The Morgan fingerprint density at radius 2 is 1.58 bits per heavy atom. The highest BCUT2D eigenvalue weighted by Gasteiger charge is 2.23. The number of rotatable bonds is 15. The second-order valence-electron chi connectivity index (χ2n) is 7.16. The molecule has 0 bridgehead atoms. The maximum absolute atomic E-state index is 9.67. The summed E-state index contributed by atoms with van der Waals surface area (Å²) >= 11 is 0. The lowest BCUT2D eigenvalue weighted by Crippen LogP contribution is -2.37. The summed E-state index contributed by atoms with van der Waals surface area (Å²) in [6, 6.07) is 0. The van der Waals surface area contributed by atoms with Crippen molar-refractivity contribution in [3.63, 3.8) is 0 Å². The van der Waals surface area contributed by atoms with Crippen molar-refractivity contribution in [2.24, 2.45) is 4.99 Å². The van der Waals surface area contributed by atoms with Crippen LogP contribution in [0.3, 0.4) is 0 Å². The maximum atomic E-state index is 9.67. The number of unbranched alkanes of at least 4 members (excludes halogenated alkanes) is 10. The van der Waals surface area contributed by atoms with Crippen LogP contribution in [0.15, 0.2) is 17.1 Å². The van der Waals surface area contributed by atoms with E-state index in [2.05, 4.69) is 29.0 Å². The molecule has 0 aromatic rings. The predicted molar refractivity (Wildman–Crippen MR) is 106 cm³/mol. The van der Waals surface area contributed by atoms with Gasteiger partial charge in [-0.1, -0.05) is 64.0 Å². The first-order chi connectivity index (χ1) is 11.8. The molecule has 0 saturated carbocycles. The Morgan fingerprint density at radius 1 is 1.00 bits per heavy atom. The van der Waals surface area contributed by atoms with Gasteiger partial charge in [0.1, 0.15) is 12.4 Å². The van der Waals surface area contributed by atoms with Gasteiger partial charge in [0.25, 0.3) is 0 Å².